The summed E-state index contributed by atoms with van der Waals surface area (Å²) in [5, 5.41) is 10.3. The number of aromatic nitrogens is 1. The SMILES string of the molecule is COC(=O)c1cc2c(O)c(C=O)c(OC)cc2[nH]1. The average Bonchev–Trinajstić information content (AvgIpc) is 2.81. The van der Waals surface area contributed by atoms with Gasteiger partial charge in [0.05, 0.1) is 25.3 Å². The molecule has 0 aliphatic carbocycles. The third kappa shape index (κ3) is 1.67. The Labute approximate surface area is 102 Å². The summed E-state index contributed by atoms with van der Waals surface area (Å²) in [5.41, 5.74) is 0.712. The smallest absolute Gasteiger partial charge is 0.354 e. The number of rotatable bonds is 3. The molecular formula is C12H11NO5. The average molecular weight is 249 g/mol. The van der Waals surface area contributed by atoms with Crippen molar-refractivity contribution >= 4 is 23.2 Å². The zero-order valence-electron chi connectivity index (χ0n) is 9.81. The van der Waals surface area contributed by atoms with Crippen LogP contribution in [0.2, 0.25) is 0 Å². The molecule has 2 aromatic rings. The van der Waals surface area contributed by atoms with Gasteiger partial charge in [-0.1, -0.05) is 0 Å². The number of H-pyrrole nitrogens is 1. The molecular weight excluding hydrogens is 238 g/mol. The fourth-order valence-corrected chi connectivity index (χ4v) is 1.75. The van der Waals surface area contributed by atoms with E-state index < -0.39 is 5.97 Å². The number of carbonyl (C=O) groups excluding carboxylic acids is 2. The van der Waals surface area contributed by atoms with Gasteiger partial charge in [0, 0.05) is 11.5 Å². The van der Waals surface area contributed by atoms with Gasteiger partial charge in [0.25, 0.3) is 0 Å². The van der Waals surface area contributed by atoms with Gasteiger partial charge in [-0.15, -0.1) is 0 Å². The van der Waals surface area contributed by atoms with Crippen molar-refractivity contribution < 1.29 is 24.2 Å². The van der Waals surface area contributed by atoms with E-state index in [-0.39, 0.29) is 22.8 Å². The van der Waals surface area contributed by atoms with Crippen LogP contribution in [0.4, 0.5) is 0 Å². The van der Waals surface area contributed by atoms with E-state index in [0.29, 0.717) is 17.2 Å². The first-order valence-electron chi connectivity index (χ1n) is 5.08. The first-order valence-corrected chi connectivity index (χ1v) is 5.08. The Balaban J connectivity index is 2.73. The Morgan fingerprint density at radius 2 is 2.11 bits per heavy atom. The largest absolute Gasteiger partial charge is 0.506 e. The molecule has 0 saturated heterocycles. The van der Waals surface area contributed by atoms with Crippen molar-refractivity contribution in [3.8, 4) is 11.5 Å². The third-order valence-electron chi connectivity index (χ3n) is 2.64. The number of aldehydes is 1. The predicted molar refractivity (Wildman–Crippen MR) is 63.2 cm³/mol. The summed E-state index contributed by atoms with van der Waals surface area (Å²) < 4.78 is 9.56. The number of phenols is 1. The number of ether oxygens (including phenoxy) is 2. The van der Waals surface area contributed by atoms with Crippen LogP contribution in [0.1, 0.15) is 20.8 Å². The van der Waals surface area contributed by atoms with E-state index in [1.165, 1.54) is 26.4 Å². The predicted octanol–water partition coefficient (Wildman–Crippen LogP) is 1.48. The molecule has 0 bridgehead atoms. The summed E-state index contributed by atoms with van der Waals surface area (Å²) in [5.74, 6) is -0.559. The molecule has 1 heterocycles. The van der Waals surface area contributed by atoms with Gasteiger partial charge in [0.15, 0.2) is 6.29 Å². The van der Waals surface area contributed by atoms with Gasteiger partial charge >= 0.3 is 5.97 Å². The van der Waals surface area contributed by atoms with E-state index in [9.17, 15) is 14.7 Å². The minimum absolute atomic E-state index is 0.0421. The molecule has 1 aromatic carbocycles. The Kier molecular flexibility index (Phi) is 2.93. The number of phenolic OH excluding ortho intramolecular Hbond substituents is 1. The number of fused-ring (bicyclic) bond motifs is 1. The lowest BCUT2D eigenvalue weighted by molar-refractivity contribution is 0.0595. The van der Waals surface area contributed by atoms with E-state index in [0.717, 1.165) is 0 Å². The van der Waals surface area contributed by atoms with Crippen LogP contribution in [0.25, 0.3) is 10.9 Å². The Morgan fingerprint density at radius 1 is 1.39 bits per heavy atom. The number of methoxy groups -OCH3 is 2. The summed E-state index contributed by atoms with van der Waals surface area (Å²) in [6.07, 6.45) is 0.498. The molecule has 0 unspecified atom stereocenters. The lowest BCUT2D eigenvalue weighted by Gasteiger charge is -2.06. The molecule has 0 amide bonds. The van der Waals surface area contributed by atoms with E-state index in [1.807, 2.05) is 0 Å². The van der Waals surface area contributed by atoms with Crippen LogP contribution in [0, 0.1) is 0 Å². The second kappa shape index (κ2) is 4.40. The number of hydrogen-bond acceptors (Lipinski definition) is 5. The van der Waals surface area contributed by atoms with Gasteiger partial charge < -0.3 is 19.6 Å². The Bertz CT molecular complexity index is 629. The van der Waals surface area contributed by atoms with Gasteiger partial charge in [0.1, 0.15) is 17.2 Å². The second-order valence-corrected chi connectivity index (χ2v) is 3.59. The Hall–Kier alpha value is -2.50. The van der Waals surface area contributed by atoms with Gasteiger partial charge in [0.2, 0.25) is 0 Å². The molecule has 94 valence electrons. The van der Waals surface area contributed by atoms with Crippen molar-refractivity contribution in [2.24, 2.45) is 0 Å². The highest BCUT2D eigenvalue weighted by molar-refractivity contribution is 6.02. The summed E-state index contributed by atoms with van der Waals surface area (Å²) in [6, 6.07) is 2.95. The van der Waals surface area contributed by atoms with Crippen molar-refractivity contribution in [3.63, 3.8) is 0 Å². The molecule has 0 radical (unpaired) electrons. The minimum atomic E-state index is -0.558. The summed E-state index contributed by atoms with van der Waals surface area (Å²) >= 11 is 0. The number of aromatic amines is 1. The lowest BCUT2D eigenvalue weighted by atomic mass is 10.1. The van der Waals surface area contributed by atoms with Crippen LogP contribution in [0.5, 0.6) is 11.5 Å². The number of hydrogen-bond donors (Lipinski definition) is 2. The van der Waals surface area contributed by atoms with Gasteiger partial charge in [-0.3, -0.25) is 4.79 Å². The number of benzene rings is 1. The van der Waals surface area contributed by atoms with E-state index in [1.54, 1.807) is 0 Å². The van der Waals surface area contributed by atoms with E-state index in [4.69, 9.17) is 4.74 Å². The number of nitrogens with one attached hydrogen (secondary N) is 1. The third-order valence-corrected chi connectivity index (χ3v) is 2.64. The van der Waals surface area contributed by atoms with Gasteiger partial charge in [-0.25, -0.2) is 4.79 Å². The second-order valence-electron chi connectivity index (χ2n) is 3.59. The zero-order valence-corrected chi connectivity index (χ0v) is 9.81. The van der Waals surface area contributed by atoms with Crippen molar-refractivity contribution in [2.75, 3.05) is 14.2 Å². The van der Waals surface area contributed by atoms with Gasteiger partial charge in [-0.05, 0) is 6.07 Å². The number of aromatic hydroxyl groups is 1. The van der Waals surface area contributed by atoms with E-state index in [2.05, 4.69) is 9.72 Å². The van der Waals surface area contributed by atoms with Gasteiger partial charge in [-0.2, -0.15) is 0 Å². The summed E-state index contributed by atoms with van der Waals surface area (Å²) in [6.45, 7) is 0. The topological polar surface area (TPSA) is 88.6 Å². The molecule has 1 aromatic heterocycles. The number of carbonyl (C=O) groups is 2. The maximum atomic E-state index is 11.4. The van der Waals surface area contributed by atoms with Crippen LogP contribution in [-0.2, 0) is 4.74 Å². The lowest BCUT2D eigenvalue weighted by Crippen LogP contribution is -2.00. The summed E-state index contributed by atoms with van der Waals surface area (Å²) in [7, 11) is 2.64. The van der Waals surface area contributed by atoms with Crippen LogP contribution in [-0.4, -0.2) is 36.6 Å². The molecule has 18 heavy (non-hydrogen) atoms. The standard InChI is InChI=1S/C12H11NO5/c1-17-10-4-8-6(11(15)7(10)5-14)3-9(13-8)12(16)18-2/h3-5,13,15H,1-2H3. The normalized spacial score (nSPS) is 10.3. The van der Waals surface area contributed by atoms with Crippen molar-refractivity contribution in [3.05, 3.63) is 23.4 Å². The molecule has 0 fully saturated rings. The monoisotopic (exact) mass is 249 g/mol. The molecule has 0 saturated carbocycles. The molecule has 6 nitrogen and oxygen atoms in total. The summed E-state index contributed by atoms with van der Waals surface area (Å²) in [4.78, 5) is 25.1. The minimum Gasteiger partial charge on any atom is -0.506 e. The molecule has 6 heteroatoms. The van der Waals surface area contributed by atoms with Crippen molar-refractivity contribution in [1.29, 1.82) is 0 Å². The molecule has 0 atom stereocenters. The quantitative estimate of drug-likeness (QED) is 0.635. The molecule has 0 aliphatic heterocycles. The van der Waals surface area contributed by atoms with E-state index >= 15 is 0 Å². The highest BCUT2D eigenvalue weighted by Crippen LogP contribution is 2.35. The maximum Gasteiger partial charge on any atom is 0.354 e. The maximum absolute atomic E-state index is 11.4. The molecule has 2 rings (SSSR count). The fourth-order valence-electron chi connectivity index (χ4n) is 1.75. The molecule has 0 spiro atoms. The molecule has 0 aliphatic rings. The van der Waals surface area contributed by atoms with Crippen LogP contribution >= 0.6 is 0 Å². The van der Waals surface area contributed by atoms with Crippen LogP contribution in [0.3, 0.4) is 0 Å². The fraction of sp³-hybridized carbons (Fsp3) is 0.167. The first kappa shape index (κ1) is 12.0. The van der Waals surface area contributed by atoms with Crippen LogP contribution in [0.15, 0.2) is 12.1 Å². The highest BCUT2D eigenvalue weighted by atomic mass is 16.5. The number of esters is 1. The van der Waals surface area contributed by atoms with Crippen molar-refractivity contribution in [1.82, 2.24) is 4.98 Å². The zero-order chi connectivity index (χ0) is 13.3. The van der Waals surface area contributed by atoms with Crippen LogP contribution < -0.4 is 4.74 Å². The van der Waals surface area contributed by atoms with Crippen molar-refractivity contribution in [2.45, 2.75) is 0 Å². The Morgan fingerprint density at radius 3 is 2.67 bits per heavy atom. The molecule has 2 N–H and O–H groups in total. The highest BCUT2D eigenvalue weighted by Gasteiger charge is 2.17. The first-order chi connectivity index (χ1) is 8.62.